The molecule has 35 heavy (non-hydrogen) atoms. The van der Waals surface area contributed by atoms with Crippen molar-refractivity contribution in [1.29, 1.82) is 0 Å². The van der Waals surface area contributed by atoms with Crippen LogP contribution in [0.4, 0.5) is 5.69 Å². The first-order chi connectivity index (χ1) is 16.6. The summed E-state index contributed by atoms with van der Waals surface area (Å²) in [5, 5.41) is 9.21. The molecule has 0 bridgehead atoms. The van der Waals surface area contributed by atoms with Crippen molar-refractivity contribution in [3.8, 4) is 11.5 Å². The minimum absolute atomic E-state index is 0.0787. The molecule has 0 saturated carbocycles. The van der Waals surface area contributed by atoms with Gasteiger partial charge in [-0.1, -0.05) is 38.1 Å². The second-order valence-corrected chi connectivity index (χ2v) is 9.88. The number of carboxylic acid groups (broad SMARTS) is 1. The van der Waals surface area contributed by atoms with Crippen LogP contribution in [-0.2, 0) is 26.0 Å². The molecule has 2 rings (SSSR count). The van der Waals surface area contributed by atoms with Crippen molar-refractivity contribution in [3.05, 3.63) is 65.7 Å². The summed E-state index contributed by atoms with van der Waals surface area (Å²) in [5.41, 5.74) is 2.38. The maximum atomic E-state index is 11.3. The number of unbranched alkanes of at least 4 members (excludes halogenated alkanes) is 1. The summed E-state index contributed by atoms with van der Waals surface area (Å²) in [7, 11) is -3.31. The topological polar surface area (TPSA) is 111 Å². The molecule has 0 aromatic heterocycles. The molecule has 9 heteroatoms. The molecule has 0 spiro atoms. The van der Waals surface area contributed by atoms with Crippen LogP contribution in [0.2, 0.25) is 0 Å². The number of rotatable bonds is 16. The molecule has 0 saturated heterocycles. The third kappa shape index (κ3) is 10.00. The number of nitrogens with one attached hydrogen (secondary N) is 1. The second-order valence-electron chi connectivity index (χ2n) is 8.13. The highest BCUT2D eigenvalue weighted by atomic mass is 32.2. The van der Waals surface area contributed by atoms with Gasteiger partial charge in [0.25, 0.3) is 0 Å². The molecule has 0 aliphatic carbocycles. The monoisotopic (exact) mass is 505 g/mol. The average molecular weight is 506 g/mol. The quantitative estimate of drug-likeness (QED) is 0.245. The molecule has 0 fully saturated rings. The molecule has 1 unspecified atom stereocenters. The fourth-order valence-electron chi connectivity index (χ4n) is 3.30. The Morgan fingerprint density at radius 1 is 1.06 bits per heavy atom. The normalized spacial score (nSPS) is 12.1. The van der Waals surface area contributed by atoms with Gasteiger partial charge in [-0.2, -0.15) is 0 Å². The summed E-state index contributed by atoms with van der Waals surface area (Å²) in [6, 6.07) is 12.6. The Bertz CT molecular complexity index is 1080. The number of ether oxygens (including phenoxy) is 3. The molecule has 0 heterocycles. The van der Waals surface area contributed by atoms with Crippen molar-refractivity contribution >= 4 is 21.7 Å². The Labute approximate surface area is 208 Å². The van der Waals surface area contributed by atoms with Gasteiger partial charge in [-0.15, -0.1) is 0 Å². The van der Waals surface area contributed by atoms with E-state index in [4.69, 9.17) is 14.2 Å². The van der Waals surface area contributed by atoms with Crippen LogP contribution in [0.1, 0.15) is 50.3 Å². The first-order valence-corrected chi connectivity index (χ1v) is 13.5. The molecule has 0 radical (unpaired) electrons. The summed E-state index contributed by atoms with van der Waals surface area (Å²) in [6.07, 6.45) is 3.32. The van der Waals surface area contributed by atoms with Gasteiger partial charge in [-0.3, -0.25) is 4.72 Å². The zero-order valence-corrected chi connectivity index (χ0v) is 21.4. The van der Waals surface area contributed by atoms with Gasteiger partial charge in [0, 0.05) is 30.7 Å². The van der Waals surface area contributed by atoms with E-state index in [0.29, 0.717) is 43.4 Å². The number of sulfonamides is 1. The summed E-state index contributed by atoms with van der Waals surface area (Å²) in [4.78, 5) is 11.3. The van der Waals surface area contributed by atoms with Gasteiger partial charge in [0.05, 0.1) is 25.6 Å². The van der Waals surface area contributed by atoms with E-state index in [9.17, 15) is 18.3 Å². The Hall–Kier alpha value is -3.04. The third-order valence-corrected chi connectivity index (χ3v) is 5.71. The minimum atomic E-state index is -3.31. The zero-order valence-electron chi connectivity index (χ0n) is 20.6. The molecule has 0 aliphatic rings. The Morgan fingerprint density at radius 3 is 2.34 bits per heavy atom. The van der Waals surface area contributed by atoms with Crippen LogP contribution >= 0.6 is 0 Å². The fraction of sp³-hybridized carbons (Fsp3) is 0.423. The molecular weight excluding hydrogens is 470 g/mol. The molecule has 0 aliphatic heterocycles. The van der Waals surface area contributed by atoms with E-state index in [1.165, 1.54) is 0 Å². The lowest BCUT2D eigenvalue weighted by atomic mass is 10.0. The van der Waals surface area contributed by atoms with Gasteiger partial charge in [0.15, 0.2) is 11.5 Å². The van der Waals surface area contributed by atoms with Gasteiger partial charge >= 0.3 is 5.97 Å². The largest absolute Gasteiger partial charge is 0.490 e. The summed E-state index contributed by atoms with van der Waals surface area (Å²) in [6.45, 7) is 8.92. The fourth-order valence-corrected chi connectivity index (χ4v) is 3.87. The highest BCUT2D eigenvalue weighted by Crippen LogP contribution is 2.34. The van der Waals surface area contributed by atoms with E-state index in [0.717, 1.165) is 30.2 Å². The number of carbonyl (C=O) groups is 1. The predicted molar refractivity (Wildman–Crippen MR) is 137 cm³/mol. The molecule has 192 valence electrons. The van der Waals surface area contributed by atoms with E-state index in [1.807, 2.05) is 37.3 Å². The molecular formula is C26H35NO7S. The zero-order chi connectivity index (χ0) is 25.8. The lowest BCUT2D eigenvalue weighted by Crippen LogP contribution is -2.11. The van der Waals surface area contributed by atoms with Gasteiger partial charge < -0.3 is 19.3 Å². The van der Waals surface area contributed by atoms with Crippen LogP contribution in [0.3, 0.4) is 0 Å². The number of benzene rings is 2. The average Bonchev–Trinajstić information content (AvgIpc) is 2.79. The van der Waals surface area contributed by atoms with Gasteiger partial charge in [0.1, 0.15) is 0 Å². The molecule has 8 nitrogen and oxygen atoms in total. The van der Waals surface area contributed by atoms with Crippen molar-refractivity contribution < 1.29 is 32.5 Å². The van der Waals surface area contributed by atoms with E-state index in [1.54, 1.807) is 12.1 Å². The first-order valence-electron chi connectivity index (χ1n) is 11.6. The number of carboxylic acids is 1. The predicted octanol–water partition coefficient (Wildman–Crippen LogP) is 4.97. The van der Waals surface area contributed by atoms with Gasteiger partial charge in [0.2, 0.25) is 10.0 Å². The second kappa shape index (κ2) is 13.7. The number of hydrogen-bond acceptors (Lipinski definition) is 6. The third-order valence-electron chi connectivity index (χ3n) is 5.10. The SMILES string of the molecule is C=C(CC(OCC)c1ccc(OCCc2ccc(NS(C)(=O)=O)cc2)c(OCCCC)c1)C(=O)O. The standard InChI is InChI=1S/C26H35NO7S/c1-5-7-15-33-25-18-21(24(32-6-2)17-19(3)26(28)29)10-13-23(25)34-16-14-20-8-11-22(12-9-20)27-35(4,30)31/h8-13,18,24,27H,3,5-7,14-17H2,1-2,4H3,(H,28,29). The number of aliphatic carboxylic acids is 1. The van der Waals surface area contributed by atoms with Crippen molar-refractivity contribution in [2.75, 3.05) is 30.8 Å². The van der Waals surface area contributed by atoms with E-state index < -0.39 is 22.1 Å². The highest BCUT2D eigenvalue weighted by molar-refractivity contribution is 7.92. The molecule has 0 amide bonds. The van der Waals surface area contributed by atoms with Crippen LogP contribution in [0.25, 0.3) is 0 Å². The van der Waals surface area contributed by atoms with Crippen molar-refractivity contribution in [3.63, 3.8) is 0 Å². The van der Waals surface area contributed by atoms with Crippen LogP contribution < -0.4 is 14.2 Å². The highest BCUT2D eigenvalue weighted by Gasteiger charge is 2.19. The minimum Gasteiger partial charge on any atom is -0.490 e. The van der Waals surface area contributed by atoms with E-state index in [-0.39, 0.29) is 12.0 Å². The van der Waals surface area contributed by atoms with Gasteiger partial charge in [-0.05, 0) is 48.7 Å². The van der Waals surface area contributed by atoms with Crippen molar-refractivity contribution in [2.45, 2.75) is 45.6 Å². The summed E-state index contributed by atoms with van der Waals surface area (Å²) >= 11 is 0. The lowest BCUT2D eigenvalue weighted by Gasteiger charge is -2.20. The molecule has 2 aromatic carbocycles. The van der Waals surface area contributed by atoms with Gasteiger partial charge in [-0.25, -0.2) is 13.2 Å². The smallest absolute Gasteiger partial charge is 0.331 e. The van der Waals surface area contributed by atoms with E-state index in [2.05, 4.69) is 18.2 Å². The molecule has 2 aromatic rings. The van der Waals surface area contributed by atoms with Crippen LogP contribution in [0, 0.1) is 0 Å². The molecule has 1 atom stereocenters. The summed E-state index contributed by atoms with van der Waals surface area (Å²) < 4.78 is 42.9. The number of anilines is 1. The van der Waals surface area contributed by atoms with Crippen molar-refractivity contribution in [2.24, 2.45) is 0 Å². The van der Waals surface area contributed by atoms with Crippen molar-refractivity contribution in [1.82, 2.24) is 0 Å². The van der Waals surface area contributed by atoms with E-state index >= 15 is 0 Å². The van der Waals surface area contributed by atoms with Crippen LogP contribution in [0.15, 0.2) is 54.6 Å². The lowest BCUT2D eigenvalue weighted by molar-refractivity contribution is -0.133. The maximum Gasteiger partial charge on any atom is 0.331 e. The Kier molecular flexibility index (Phi) is 11.1. The maximum absolute atomic E-state index is 11.3. The Balaban J connectivity index is 2.11. The first kappa shape index (κ1) is 28.2. The summed E-state index contributed by atoms with van der Waals surface area (Å²) in [5.74, 6) is 0.121. The Morgan fingerprint density at radius 2 is 1.74 bits per heavy atom. The van der Waals surface area contributed by atoms with Crippen LogP contribution in [-0.4, -0.2) is 45.6 Å². The van der Waals surface area contributed by atoms with Crippen LogP contribution in [0.5, 0.6) is 11.5 Å². The molecule has 2 N–H and O–H groups in total. The number of hydrogen-bond donors (Lipinski definition) is 2.